The third kappa shape index (κ3) is 2.59. The Morgan fingerprint density at radius 3 is 3.00 bits per heavy atom. The van der Waals surface area contributed by atoms with Crippen LogP contribution in [0.4, 0.5) is 5.82 Å². The zero-order valence-electron chi connectivity index (χ0n) is 9.25. The van der Waals surface area contributed by atoms with Crippen molar-refractivity contribution in [1.82, 2.24) is 10.2 Å². The van der Waals surface area contributed by atoms with Crippen LogP contribution < -0.4 is 11.1 Å². The molecule has 0 amide bonds. The molecule has 2 rings (SSSR count). The van der Waals surface area contributed by atoms with Gasteiger partial charge in [0.1, 0.15) is 10.7 Å². The van der Waals surface area contributed by atoms with Gasteiger partial charge in [0.05, 0.1) is 24.1 Å². The lowest BCUT2D eigenvalue weighted by molar-refractivity contribution is 0.490. The summed E-state index contributed by atoms with van der Waals surface area (Å²) in [6, 6.07) is 5.41. The van der Waals surface area contributed by atoms with Crippen LogP contribution in [0, 0.1) is 0 Å². The first-order valence-corrected chi connectivity index (χ1v) is 5.50. The van der Waals surface area contributed by atoms with Crippen molar-refractivity contribution in [2.75, 3.05) is 5.32 Å². The molecule has 17 heavy (non-hydrogen) atoms. The van der Waals surface area contributed by atoms with Crippen LogP contribution >= 0.6 is 12.2 Å². The standard InChI is InChI=1S/C11H12N4OS/c1-7(9-3-2-6-16-9)14-11-8(10(12)17)4-5-13-15-11/h2-7H,1H3,(H2,12,17)(H,14,15). The highest BCUT2D eigenvalue weighted by Crippen LogP contribution is 2.20. The van der Waals surface area contributed by atoms with Gasteiger partial charge in [-0.1, -0.05) is 12.2 Å². The molecule has 0 fully saturated rings. The summed E-state index contributed by atoms with van der Waals surface area (Å²) in [5.74, 6) is 1.37. The van der Waals surface area contributed by atoms with Crippen molar-refractivity contribution in [2.45, 2.75) is 13.0 Å². The Kier molecular flexibility index (Phi) is 3.34. The van der Waals surface area contributed by atoms with Crippen molar-refractivity contribution in [3.8, 4) is 0 Å². The third-order valence-corrected chi connectivity index (χ3v) is 2.53. The van der Waals surface area contributed by atoms with Crippen LogP contribution in [-0.2, 0) is 0 Å². The number of nitrogens with one attached hydrogen (secondary N) is 1. The number of anilines is 1. The molecule has 0 saturated carbocycles. The first kappa shape index (κ1) is 11.5. The minimum absolute atomic E-state index is 0.0326. The number of nitrogens with zero attached hydrogens (tertiary/aromatic N) is 2. The van der Waals surface area contributed by atoms with Crippen LogP contribution in [0.5, 0.6) is 0 Å². The van der Waals surface area contributed by atoms with Gasteiger partial charge in [-0.2, -0.15) is 5.10 Å². The smallest absolute Gasteiger partial charge is 0.159 e. The molecular formula is C11H12N4OS. The minimum Gasteiger partial charge on any atom is -0.467 e. The van der Waals surface area contributed by atoms with Gasteiger partial charge in [-0.15, -0.1) is 5.10 Å². The second-order valence-corrected chi connectivity index (χ2v) is 3.98. The Labute approximate surface area is 104 Å². The molecule has 6 heteroatoms. The fourth-order valence-electron chi connectivity index (χ4n) is 1.45. The van der Waals surface area contributed by atoms with E-state index in [1.54, 1.807) is 18.5 Å². The zero-order valence-corrected chi connectivity index (χ0v) is 10.1. The zero-order chi connectivity index (χ0) is 12.3. The normalized spacial score (nSPS) is 12.1. The van der Waals surface area contributed by atoms with Gasteiger partial charge >= 0.3 is 0 Å². The molecule has 2 aromatic heterocycles. The van der Waals surface area contributed by atoms with Crippen LogP contribution in [0.1, 0.15) is 24.3 Å². The van der Waals surface area contributed by atoms with E-state index in [9.17, 15) is 0 Å². The SMILES string of the molecule is CC(Nc1nnccc1C(N)=S)c1ccco1. The van der Waals surface area contributed by atoms with Crippen molar-refractivity contribution < 1.29 is 4.42 Å². The van der Waals surface area contributed by atoms with Crippen molar-refractivity contribution in [2.24, 2.45) is 5.73 Å². The lowest BCUT2D eigenvalue weighted by atomic mass is 10.2. The second kappa shape index (κ2) is 4.92. The number of rotatable bonds is 4. The van der Waals surface area contributed by atoms with Gasteiger partial charge in [0, 0.05) is 0 Å². The number of furan rings is 1. The lowest BCUT2D eigenvalue weighted by Crippen LogP contribution is -2.16. The maximum absolute atomic E-state index is 5.61. The number of thiocarbonyl (C=S) groups is 1. The molecule has 0 aliphatic rings. The average Bonchev–Trinajstić information content (AvgIpc) is 2.83. The Balaban J connectivity index is 2.21. The highest BCUT2D eigenvalue weighted by molar-refractivity contribution is 7.80. The van der Waals surface area contributed by atoms with Crippen molar-refractivity contribution in [1.29, 1.82) is 0 Å². The number of nitrogens with two attached hydrogens (primary N) is 1. The Hall–Kier alpha value is -1.95. The molecule has 0 radical (unpaired) electrons. The molecule has 0 spiro atoms. The minimum atomic E-state index is -0.0326. The maximum Gasteiger partial charge on any atom is 0.159 e. The van der Waals surface area contributed by atoms with Gasteiger partial charge in [0.2, 0.25) is 0 Å². The van der Waals surface area contributed by atoms with Gasteiger partial charge in [0.25, 0.3) is 0 Å². The number of hydrogen-bond donors (Lipinski definition) is 2. The fraction of sp³-hybridized carbons (Fsp3) is 0.182. The lowest BCUT2D eigenvalue weighted by Gasteiger charge is -2.13. The van der Waals surface area contributed by atoms with E-state index in [4.69, 9.17) is 22.4 Å². The predicted octanol–water partition coefficient (Wildman–Crippen LogP) is 1.88. The van der Waals surface area contributed by atoms with Gasteiger partial charge in [-0.3, -0.25) is 0 Å². The van der Waals surface area contributed by atoms with Crippen molar-refractivity contribution >= 4 is 23.0 Å². The van der Waals surface area contributed by atoms with Crippen LogP contribution in [0.2, 0.25) is 0 Å². The van der Waals surface area contributed by atoms with E-state index < -0.39 is 0 Å². The fourth-order valence-corrected chi connectivity index (χ4v) is 1.62. The van der Waals surface area contributed by atoms with Crippen LogP contribution in [0.15, 0.2) is 35.1 Å². The summed E-state index contributed by atoms with van der Waals surface area (Å²) in [7, 11) is 0. The molecule has 1 atom stereocenters. The first-order valence-electron chi connectivity index (χ1n) is 5.10. The van der Waals surface area contributed by atoms with E-state index in [0.717, 1.165) is 5.76 Å². The molecule has 1 unspecified atom stereocenters. The average molecular weight is 248 g/mol. The highest BCUT2D eigenvalue weighted by atomic mass is 32.1. The van der Waals surface area contributed by atoms with E-state index in [1.165, 1.54) is 0 Å². The van der Waals surface area contributed by atoms with Crippen molar-refractivity contribution in [3.05, 3.63) is 42.0 Å². The van der Waals surface area contributed by atoms with Crippen LogP contribution in [-0.4, -0.2) is 15.2 Å². The van der Waals surface area contributed by atoms with Crippen molar-refractivity contribution in [3.63, 3.8) is 0 Å². The quantitative estimate of drug-likeness (QED) is 0.804. The molecule has 3 N–H and O–H groups in total. The van der Waals surface area contributed by atoms with E-state index >= 15 is 0 Å². The molecule has 0 saturated heterocycles. The molecule has 5 nitrogen and oxygen atoms in total. The molecule has 88 valence electrons. The molecule has 2 aromatic rings. The van der Waals surface area contributed by atoms with Gasteiger partial charge in [0.15, 0.2) is 5.82 Å². The molecule has 2 heterocycles. The summed E-state index contributed by atoms with van der Waals surface area (Å²) in [5, 5.41) is 10.9. The van der Waals surface area contributed by atoms with E-state index in [1.807, 2.05) is 19.1 Å². The van der Waals surface area contributed by atoms with Crippen LogP contribution in [0.25, 0.3) is 0 Å². The molecular weight excluding hydrogens is 236 g/mol. The Morgan fingerprint density at radius 1 is 1.53 bits per heavy atom. The molecule has 0 aromatic carbocycles. The number of aromatic nitrogens is 2. The highest BCUT2D eigenvalue weighted by Gasteiger charge is 2.12. The van der Waals surface area contributed by atoms with E-state index in [0.29, 0.717) is 11.4 Å². The Bertz CT molecular complexity index is 512. The summed E-state index contributed by atoms with van der Waals surface area (Å²) in [6.45, 7) is 1.96. The maximum atomic E-state index is 5.61. The van der Waals surface area contributed by atoms with E-state index in [2.05, 4.69) is 15.5 Å². The van der Waals surface area contributed by atoms with E-state index in [-0.39, 0.29) is 11.0 Å². The van der Waals surface area contributed by atoms with Crippen LogP contribution in [0.3, 0.4) is 0 Å². The largest absolute Gasteiger partial charge is 0.467 e. The monoisotopic (exact) mass is 248 g/mol. The third-order valence-electron chi connectivity index (χ3n) is 2.31. The second-order valence-electron chi connectivity index (χ2n) is 3.54. The number of hydrogen-bond acceptors (Lipinski definition) is 5. The van der Waals surface area contributed by atoms with Gasteiger partial charge < -0.3 is 15.5 Å². The summed E-state index contributed by atoms with van der Waals surface area (Å²) in [6.07, 6.45) is 3.18. The summed E-state index contributed by atoms with van der Waals surface area (Å²) >= 11 is 4.95. The van der Waals surface area contributed by atoms with Gasteiger partial charge in [-0.05, 0) is 25.1 Å². The summed E-state index contributed by atoms with van der Waals surface area (Å²) in [4.78, 5) is 0.286. The first-order chi connectivity index (χ1) is 8.18. The molecule has 0 bridgehead atoms. The molecule has 0 aliphatic carbocycles. The summed E-state index contributed by atoms with van der Waals surface area (Å²) in [5.41, 5.74) is 6.28. The molecule has 0 aliphatic heterocycles. The van der Waals surface area contributed by atoms with Gasteiger partial charge in [-0.25, -0.2) is 0 Å². The predicted molar refractivity (Wildman–Crippen MR) is 68.7 cm³/mol. The Morgan fingerprint density at radius 2 is 2.35 bits per heavy atom. The summed E-state index contributed by atoms with van der Waals surface area (Å²) < 4.78 is 5.29. The topological polar surface area (TPSA) is 77.0 Å².